The molecule has 0 aliphatic rings. The summed E-state index contributed by atoms with van der Waals surface area (Å²) in [6.07, 6.45) is 12.2. The predicted molar refractivity (Wildman–Crippen MR) is 84.4 cm³/mol. The maximum atomic E-state index is 5.19. The molecule has 1 aromatic heterocycles. The second kappa shape index (κ2) is 10.5. The summed E-state index contributed by atoms with van der Waals surface area (Å²) in [5, 5.41) is 3.37. The Hall–Kier alpha value is -1.32. The van der Waals surface area contributed by atoms with E-state index in [0.29, 0.717) is 5.88 Å². The summed E-state index contributed by atoms with van der Waals surface area (Å²) in [5.41, 5.74) is 0.981. The van der Waals surface area contributed by atoms with E-state index in [1.807, 2.05) is 6.92 Å². The molecule has 0 bridgehead atoms. The van der Waals surface area contributed by atoms with Gasteiger partial charge in [-0.25, -0.2) is 9.97 Å². The number of ether oxygens (including phenoxy) is 1. The van der Waals surface area contributed by atoms with Crippen LogP contribution in [0.15, 0.2) is 6.33 Å². The minimum atomic E-state index is 0.651. The standard InChI is InChI=1S/C16H29N3O/c1-4-5-6-7-8-9-10-11-12-17-15-14(2)16(20-3)19-13-18-15/h13H,4-12H2,1-3H3,(H,17,18,19). The summed E-state index contributed by atoms with van der Waals surface area (Å²) in [5.74, 6) is 1.54. The molecule has 0 saturated heterocycles. The van der Waals surface area contributed by atoms with Crippen molar-refractivity contribution < 1.29 is 4.74 Å². The number of methoxy groups -OCH3 is 1. The summed E-state index contributed by atoms with van der Waals surface area (Å²) in [7, 11) is 1.64. The van der Waals surface area contributed by atoms with Crippen LogP contribution >= 0.6 is 0 Å². The molecule has 4 heteroatoms. The Morgan fingerprint density at radius 2 is 1.65 bits per heavy atom. The minimum absolute atomic E-state index is 0.651. The molecule has 114 valence electrons. The van der Waals surface area contributed by atoms with Crippen molar-refractivity contribution in [2.45, 2.75) is 65.2 Å². The zero-order chi connectivity index (χ0) is 14.6. The van der Waals surface area contributed by atoms with Crippen LogP contribution < -0.4 is 10.1 Å². The first-order valence-electron chi connectivity index (χ1n) is 7.89. The highest BCUT2D eigenvalue weighted by Crippen LogP contribution is 2.19. The highest BCUT2D eigenvalue weighted by atomic mass is 16.5. The third kappa shape index (κ3) is 6.22. The number of unbranched alkanes of at least 4 members (excludes halogenated alkanes) is 7. The first-order chi connectivity index (χ1) is 9.79. The average Bonchev–Trinajstić information content (AvgIpc) is 2.47. The Kier molecular flexibility index (Phi) is 8.76. The highest BCUT2D eigenvalue weighted by Gasteiger charge is 2.05. The molecule has 0 atom stereocenters. The second-order valence-electron chi connectivity index (χ2n) is 5.26. The van der Waals surface area contributed by atoms with Crippen LogP contribution in [0.4, 0.5) is 5.82 Å². The minimum Gasteiger partial charge on any atom is -0.481 e. The molecule has 1 heterocycles. The Balaban J connectivity index is 2.09. The lowest BCUT2D eigenvalue weighted by Gasteiger charge is -2.10. The Morgan fingerprint density at radius 3 is 2.30 bits per heavy atom. The van der Waals surface area contributed by atoms with Crippen LogP contribution in [0.25, 0.3) is 0 Å². The molecule has 0 fully saturated rings. The van der Waals surface area contributed by atoms with E-state index in [1.54, 1.807) is 13.4 Å². The van der Waals surface area contributed by atoms with Crippen LogP contribution in [-0.4, -0.2) is 23.6 Å². The van der Waals surface area contributed by atoms with Gasteiger partial charge in [0.25, 0.3) is 0 Å². The molecule has 0 saturated carbocycles. The first-order valence-corrected chi connectivity index (χ1v) is 7.89. The van der Waals surface area contributed by atoms with Crippen LogP contribution in [0.1, 0.15) is 63.9 Å². The van der Waals surface area contributed by atoms with E-state index in [9.17, 15) is 0 Å². The van der Waals surface area contributed by atoms with E-state index in [-0.39, 0.29) is 0 Å². The number of anilines is 1. The van der Waals surface area contributed by atoms with Crippen LogP contribution in [0, 0.1) is 6.92 Å². The van der Waals surface area contributed by atoms with Gasteiger partial charge in [-0.1, -0.05) is 51.9 Å². The molecule has 20 heavy (non-hydrogen) atoms. The molecule has 0 aromatic carbocycles. The summed E-state index contributed by atoms with van der Waals surface area (Å²) in [4.78, 5) is 8.33. The van der Waals surface area contributed by atoms with Gasteiger partial charge in [-0.15, -0.1) is 0 Å². The molecule has 1 aromatic rings. The van der Waals surface area contributed by atoms with E-state index in [0.717, 1.165) is 17.9 Å². The molecule has 1 N–H and O–H groups in total. The number of nitrogens with zero attached hydrogens (tertiary/aromatic N) is 2. The fourth-order valence-corrected chi connectivity index (χ4v) is 2.28. The monoisotopic (exact) mass is 279 g/mol. The van der Waals surface area contributed by atoms with Gasteiger partial charge in [0, 0.05) is 6.54 Å². The largest absolute Gasteiger partial charge is 0.481 e. The van der Waals surface area contributed by atoms with Gasteiger partial charge in [0.05, 0.1) is 12.7 Å². The predicted octanol–water partition coefficient (Wildman–Crippen LogP) is 4.35. The van der Waals surface area contributed by atoms with Gasteiger partial charge < -0.3 is 10.1 Å². The Labute approximate surface area is 123 Å². The van der Waals surface area contributed by atoms with E-state index in [1.165, 1.54) is 51.4 Å². The van der Waals surface area contributed by atoms with Crippen LogP contribution in [0.3, 0.4) is 0 Å². The third-order valence-electron chi connectivity index (χ3n) is 3.55. The normalized spacial score (nSPS) is 10.6. The molecule has 0 spiro atoms. The Morgan fingerprint density at radius 1 is 1.00 bits per heavy atom. The smallest absolute Gasteiger partial charge is 0.221 e. The number of nitrogens with one attached hydrogen (secondary N) is 1. The molecule has 0 aliphatic carbocycles. The molecule has 0 radical (unpaired) electrons. The maximum Gasteiger partial charge on any atom is 0.221 e. The average molecular weight is 279 g/mol. The van der Waals surface area contributed by atoms with Gasteiger partial charge >= 0.3 is 0 Å². The van der Waals surface area contributed by atoms with Crippen molar-refractivity contribution in [3.63, 3.8) is 0 Å². The maximum absolute atomic E-state index is 5.19. The van der Waals surface area contributed by atoms with Gasteiger partial charge in [0.15, 0.2) is 0 Å². The SMILES string of the molecule is CCCCCCCCCCNc1ncnc(OC)c1C. The Bertz CT molecular complexity index is 369. The zero-order valence-corrected chi connectivity index (χ0v) is 13.2. The van der Waals surface area contributed by atoms with Crippen molar-refractivity contribution in [2.24, 2.45) is 0 Å². The summed E-state index contributed by atoms with van der Waals surface area (Å²) in [6, 6.07) is 0. The van der Waals surface area contributed by atoms with Crippen molar-refractivity contribution in [2.75, 3.05) is 19.0 Å². The fraction of sp³-hybridized carbons (Fsp3) is 0.750. The van der Waals surface area contributed by atoms with Crippen LogP contribution in [0.2, 0.25) is 0 Å². The van der Waals surface area contributed by atoms with Crippen LogP contribution in [-0.2, 0) is 0 Å². The summed E-state index contributed by atoms with van der Waals surface area (Å²) < 4.78 is 5.19. The first kappa shape index (κ1) is 16.7. The summed E-state index contributed by atoms with van der Waals surface area (Å²) in [6.45, 7) is 5.21. The van der Waals surface area contributed by atoms with Gasteiger partial charge in [-0.05, 0) is 13.3 Å². The lowest BCUT2D eigenvalue weighted by Crippen LogP contribution is -2.06. The number of rotatable bonds is 11. The molecule has 1 rings (SSSR count). The van der Waals surface area contributed by atoms with E-state index in [4.69, 9.17) is 4.74 Å². The fourth-order valence-electron chi connectivity index (χ4n) is 2.28. The number of aromatic nitrogens is 2. The van der Waals surface area contributed by atoms with Gasteiger partial charge in [-0.3, -0.25) is 0 Å². The van der Waals surface area contributed by atoms with Crippen LogP contribution in [0.5, 0.6) is 5.88 Å². The van der Waals surface area contributed by atoms with Crippen molar-refractivity contribution in [1.29, 1.82) is 0 Å². The molecule has 4 nitrogen and oxygen atoms in total. The van der Waals surface area contributed by atoms with E-state index in [2.05, 4.69) is 22.2 Å². The van der Waals surface area contributed by atoms with Gasteiger partial charge in [0.1, 0.15) is 12.1 Å². The third-order valence-corrected chi connectivity index (χ3v) is 3.55. The van der Waals surface area contributed by atoms with Crippen molar-refractivity contribution in [3.8, 4) is 5.88 Å². The number of hydrogen-bond donors (Lipinski definition) is 1. The lowest BCUT2D eigenvalue weighted by molar-refractivity contribution is 0.393. The van der Waals surface area contributed by atoms with E-state index >= 15 is 0 Å². The van der Waals surface area contributed by atoms with Gasteiger partial charge in [0.2, 0.25) is 5.88 Å². The highest BCUT2D eigenvalue weighted by molar-refractivity contribution is 5.47. The van der Waals surface area contributed by atoms with Crippen molar-refractivity contribution in [3.05, 3.63) is 11.9 Å². The number of hydrogen-bond acceptors (Lipinski definition) is 4. The molecule has 0 amide bonds. The summed E-state index contributed by atoms with van der Waals surface area (Å²) >= 11 is 0. The molecular weight excluding hydrogens is 250 g/mol. The van der Waals surface area contributed by atoms with Crippen molar-refractivity contribution in [1.82, 2.24) is 9.97 Å². The van der Waals surface area contributed by atoms with Crippen molar-refractivity contribution >= 4 is 5.82 Å². The molecule has 0 unspecified atom stereocenters. The quantitative estimate of drug-likeness (QED) is 0.612. The topological polar surface area (TPSA) is 47.0 Å². The molecular formula is C16H29N3O. The molecule has 0 aliphatic heterocycles. The second-order valence-corrected chi connectivity index (χ2v) is 5.26. The zero-order valence-electron chi connectivity index (χ0n) is 13.2. The van der Waals surface area contributed by atoms with E-state index < -0.39 is 0 Å². The van der Waals surface area contributed by atoms with Gasteiger partial charge in [-0.2, -0.15) is 0 Å². The lowest BCUT2D eigenvalue weighted by atomic mass is 10.1.